The molecule has 2 aromatic rings. The third-order valence-corrected chi connectivity index (χ3v) is 4.38. The van der Waals surface area contributed by atoms with Gasteiger partial charge in [0, 0.05) is 24.3 Å². The van der Waals surface area contributed by atoms with Gasteiger partial charge in [-0.15, -0.1) is 0 Å². The molecule has 0 aliphatic carbocycles. The molecule has 1 heterocycles. The maximum Gasteiger partial charge on any atom is 0.262 e. The summed E-state index contributed by atoms with van der Waals surface area (Å²) in [6.45, 7) is 6.13. The van der Waals surface area contributed by atoms with Crippen LogP contribution in [0.25, 0.3) is 0 Å². The normalized spacial score (nSPS) is 13.9. The Morgan fingerprint density at radius 1 is 1.11 bits per heavy atom. The number of hydrogen-bond donors (Lipinski definition) is 1. The van der Waals surface area contributed by atoms with Crippen molar-refractivity contribution in [1.29, 1.82) is 0 Å². The van der Waals surface area contributed by atoms with Crippen LogP contribution < -0.4 is 10.1 Å². The quantitative estimate of drug-likeness (QED) is 0.881. The fourth-order valence-corrected chi connectivity index (χ4v) is 2.98. The molecule has 0 radical (unpaired) electrons. The second kappa shape index (κ2) is 8.68. The van der Waals surface area contributed by atoms with Crippen LogP contribution in [-0.2, 0) is 9.53 Å². The number of hydrogen-bond acceptors (Lipinski definition) is 4. The second-order valence-electron chi connectivity index (χ2n) is 6.59. The Morgan fingerprint density at radius 2 is 1.89 bits per heavy atom. The first-order valence-corrected chi connectivity index (χ1v) is 9.00. The van der Waals surface area contributed by atoms with Crippen molar-refractivity contribution >= 4 is 17.5 Å². The van der Waals surface area contributed by atoms with Crippen LogP contribution in [0.4, 0.5) is 5.69 Å². The van der Waals surface area contributed by atoms with Gasteiger partial charge in [-0.25, -0.2) is 0 Å². The molecular formula is C21H24N2O4. The molecule has 1 fully saturated rings. The molecule has 0 unspecified atom stereocenters. The Bertz CT molecular complexity index is 829. The Morgan fingerprint density at radius 3 is 2.63 bits per heavy atom. The van der Waals surface area contributed by atoms with Gasteiger partial charge < -0.3 is 19.7 Å². The number of nitrogens with one attached hydrogen (secondary N) is 1. The van der Waals surface area contributed by atoms with E-state index in [2.05, 4.69) is 5.32 Å². The maximum atomic E-state index is 12.5. The smallest absolute Gasteiger partial charge is 0.262 e. The van der Waals surface area contributed by atoms with Crippen LogP contribution in [0, 0.1) is 13.8 Å². The SMILES string of the molecule is Cc1ccc(OCC(=O)Nc2cccc(C(=O)N3CCOCC3)c2)c(C)c1. The van der Waals surface area contributed by atoms with E-state index in [-0.39, 0.29) is 18.4 Å². The summed E-state index contributed by atoms with van der Waals surface area (Å²) in [5, 5.41) is 2.78. The number of carbonyl (C=O) groups is 2. The Balaban J connectivity index is 1.58. The van der Waals surface area contributed by atoms with Crippen molar-refractivity contribution in [2.45, 2.75) is 13.8 Å². The third kappa shape index (κ3) is 5.08. The number of anilines is 1. The summed E-state index contributed by atoms with van der Waals surface area (Å²) >= 11 is 0. The first kappa shape index (κ1) is 18.9. The van der Waals surface area contributed by atoms with Gasteiger partial charge in [0.1, 0.15) is 5.75 Å². The molecule has 2 amide bonds. The lowest BCUT2D eigenvalue weighted by molar-refractivity contribution is -0.118. The number of carbonyl (C=O) groups excluding carboxylic acids is 2. The van der Waals surface area contributed by atoms with Gasteiger partial charge in [-0.2, -0.15) is 0 Å². The van der Waals surface area contributed by atoms with Crippen LogP contribution >= 0.6 is 0 Å². The van der Waals surface area contributed by atoms with Crippen LogP contribution in [0.5, 0.6) is 5.75 Å². The first-order chi connectivity index (χ1) is 13.0. The average Bonchev–Trinajstić information content (AvgIpc) is 2.67. The number of nitrogens with zero attached hydrogens (tertiary/aromatic N) is 1. The molecule has 1 aliphatic rings. The Kier molecular flexibility index (Phi) is 6.08. The zero-order valence-corrected chi connectivity index (χ0v) is 15.7. The highest BCUT2D eigenvalue weighted by Crippen LogP contribution is 2.19. The molecule has 27 heavy (non-hydrogen) atoms. The topological polar surface area (TPSA) is 67.9 Å². The van der Waals surface area contributed by atoms with E-state index in [4.69, 9.17) is 9.47 Å². The molecule has 1 N–H and O–H groups in total. The minimum Gasteiger partial charge on any atom is -0.483 e. The van der Waals surface area contributed by atoms with E-state index < -0.39 is 0 Å². The Labute approximate surface area is 159 Å². The molecular weight excluding hydrogens is 344 g/mol. The van der Waals surface area contributed by atoms with Crippen molar-refractivity contribution in [1.82, 2.24) is 4.90 Å². The second-order valence-corrected chi connectivity index (χ2v) is 6.59. The number of aryl methyl sites for hydroxylation is 2. The van der Waals surface area contributed by atoms with Crippen LogP contribution in [0.1, 0.15) is 21.5 Å². The van der Waals surface area contributed by atoms with Gasteiger partial charge in [0.05, 0.1) is 13.2 Å². The highest BCUT2D eigenvalue weighted by Gasteiger charge is 2.18. The number of rotatable bonds is 5. The Hall–Kier alpha value is -2.86. The number of ether oxygens (including phenoxy) is 2. The van der Waals surface area contributed by atoms with Gasteiger partial charge in [0.15, 0.2) is 6.61 Å². The molecule has 1 saturated heterocycles. The molecule has 0 aromatic heterocycles. The van der Waals surface area contributed by atoms with Crippen molar-refractivity contribution in [2.75, 3.05) is 38.2 Å². The predicted octanol–water partition coefficient (Wildman–Crippen LogP) is 2.79. The highest BCUT2D eigenvalue weighted by atomic mass is 16.5. The molecule has 3 rings (SSSR count). The van der Waals surface area contributed by atoms with Crippen molar-refractivity contribution in [3.05, 3.63) is 59.2 Å². The molecule has 0 bridgehead atoms. The fourth-order valence-electron chi connectivity index (χ4n) is 2.98. The summed E-state index contributed by atoms with van der Waals surface area (Å²) in [6.07, 6.45) is 0. The molecule has 0 atom stereocenters. The van der Waals surface area contributed by atoms with Crippen LogP contribution in [0.2, 0.25) is 0 Å². The standard InChI is InChI=1S/C21H24N2O4/c1-15-6-7-19(16(2)12-15)27-14-20(24)22-18-5-3-4-17(13-18)21(25)23-8-10-26-11-9-23/h3-7,12-13H,8-11,14H2,1-2H3,(H,22,24). The minimum absolute atomic E-state index is 0.0547. The van der Waals surface area contributed by atoms with Crippen molar-refractivity contribution in [3.8, 4) is 5.75 Å². The largest absolute Gasteiger partial charge is 0.483 e. The lowest BCUT2D eigenvalue weighted by atomic mass is 10.1. The van der Waals surface area contributed by atoms with Crippen LogP contribution in [0.15, 0.2) is 42.5 Å². The highest BCUT2D eigenvalue weighted by molar-refractivity contribution is 5.97. The van der Waals surface area contributed by atoms with Gasteiger partial charge in [-0.1, -0.05) is 23.8 Å². The van der Waals surface area contributed by atoms with E-state index in [0.717, 1.165) is 11.1 Å². The van der Waals surface area contributed by atoms with E-state index in [9.17, 15) is 9.59 Å². The van der Waals surface area contributed by atoms with Gasteiger partial charge in [-0.3, -0.25) is 9.59 Å². The average molecular weight is 368 g/mol. The van der Waals surface area contributed by atoms with Gasteiger partial charge in [0.2, 0.25) is 0 Å². The lowest BCUT2D eigenvalue weighted by Gasteiger charge is -2.27. The van der Waals surface area contributed by atoms with Crippen molar-refractivity contribution in [3.63, 3.8) is 0 Å². The number of benzene rings is 2. The monoisotopic (exact) mass is 368 g/mol. The summed E-state index contributed by atoms with van der Waals surface area (Å²) in [5.74, 6) is 0.360. The van der Waals surface area contributed by atoms with Crippen LogP contribution in [-0.4, -0.2) is 49.6 Å². The summed E-state index contributed by atoms with van der Waals surface area (Å²) in [4.78, 5) is 26.5. The molecule has 142 valence electrons. The molecule has 6 heteroatoms. The van der Waals surface area contributed by atoms with E-state index in [1.54, 1.807) is 29.2 Å². The summed E-state index contributed by atoms with van der Waals surface area (Å²) in [6, 6.07) is 12.8. The molecule has 6 nitrogen and oxygen atoms in total. The summed E-state index contributed by atoms with van der Waals surface area (Å²) in [7, 11) is 0. The first-order valence-electron chi connectivity index (χ1n) is 9.00. The van der Waals surface area contributed by atoms with Crippen LogP contribution in [0.3, 0.4) is 0 Å². The summed E-state index contributed by atoms with van der Waals surface area (Å²) < 4.78 is 10.9. The maximum absolute atomic E-state index is 12.5. The zero-order chi connectivity index (χ0) is 19.2. The van der Waals surface area contributed by atoms with E-state index in [0.29, 0.717) is 43.3 Å². The molecule has 0 saturated carbocycles. The third-order valence-electron chi connectivity index (χ3n) is 4.38. The zero-order valence-electron chi connectivity index (χ0n) is 15.7. The summed E-state index contributed by atoms with van der Waals surface area (Å²) in [5.41, 5.74) is 3.25. The van der Waals surface area contributed by atoms with E-state index in [1.165, 1.54) is 0 Å². The van der Waals surface area contributed by atoms with Gasteiger partial charge >= 0.3 is 0 Å². The fraction of sp³-hybridized carbons (Fsp3) is 0.333. The molecule has 2 aromatic carbocycles. The predicted molar refractivity (Wildman–Crippen MR) is 103 cm³/mol. The van der Waals surface area contributed by atoms with Crippen molar-refractivity contribution in [2.24, 2.45) is 0 Å². The number of morpholine rings is 1. The van der Waals surface area contributed by atoms with Crippen molar-refractivity contribution < 1.29 is 19.1 Å². The molecule has 1 aliphatic heterocycles. The van der Waals surface area contributed by atoms with Gasteiger partial charge in [0.25, 0.3) is 11.8 Å². The number of amides is 2. The van der Waals surface area contributed by atoms with Gasteiger partial charge in [-0.05, 0) is 43.7 Å². The molecule has 0 spiro atoms. The minimum atomic E-state index is -0.272. The van der Waals surface area contributed by atoms with E-state index in [1.807, 2.05) is 32.0 Å². The lowest BCUT2D eigenvalue weighted by Crippen LogP contribution is -2.40. The van der Waals surface area contributed by atoms with E-state index >= 15 is 0 Å².